The number of thiol groups is 1. The molecule has 17 N–H and O–H groups in total. The molecule has 25 nitrogen and oxygen atoms in total. The number of hydrogen-bond donors (Lipinski definition) is 15. The van der Waals surface area contributed by atoms with E-state index in [0.29, 0.717) is 18.4 Å². The average molecular weight is 926 g/mol. The second-order valence-electron chi connectivity index (χ2n) is 14.7. The van der Waals surface area contributed by atoms with Crippen LogP contribution in [0.5, 0.6) is 5.75 Å². The smallest absolute Gasteiger partial charge is 0.327 e. The highest BCUT2D eigenvalue weighted by atomic mass is 32.1. The molecule has 0 saturated heterocycles. The largest absolute Gasteiger partial charge is 0.508 e. The first kappa shape index (κ1) is 55.5. The van der Waals surface area contributed by atoms with E-state index in [1.807, 2.05) is 0 Å². The molecule has 0 aliphatic heterocycles. The Balaban J connectivity index is 2.99. The molecular formula is C38H59N11O14S. The first-order chi connectivity index (χ1) is 30.1. The van der Waals surface area contributed by atoms with Crippen molar-refractivity contribution < 1.29 is 68.1 Å². The monoisotopic (exact) mass is 925 g/mol. The zero-order chi connectivity index (χ0) is 48.5. The number of amides is 9. The van der Waals surface area contributed by atoms with Crippen LogP contribution in [0.15, 0.2) is 24.3 Å². The number of hydrogen-bond acceptors (Lipinski definition) is 15. The Kier molecular flexibility index (Phi) is 25.1. The van der Waals surface area contributed by atoms with Crippen molar-refractivity contribution in [2.75, 3.05) is 31.9 Å². The van der Waals surface area contributed by atoms with E-state index in [1.165, 1.54) is 24.3 Å². The Hall–Kier alpha value is -6.54. The van der Waals surface area contributed by atoms with Gasteiger partial charge in [0.15, 0.2) is 0 Å². The standard InChI is InChI=1S/C38H59N11O14S/c1-19(2)32(37(61)44-16-29(53)46-26(18-64)38(62)63)49-30(54)17-42-34(58)23(5-3-4-12-39)45-28(52)15-43-35(59)25(14-31(55)56)48-36(60)24(13-20-6-8-21(50)9-7-20)47-33(57)22(40)10-11-27(41)51/h6-9,19,22-26,32,50,64H,3-5,10-18,39-40H2,1-2H3,(H2,41,51)(H,42,58)(H,43,59)(H,44,61)(H,45,52)(H,46,53)(H,47,57)(H,48,60)(H,49,54)(H,55,56)(H,62,63). The molecule has 6 unspecified atom stereocenters. The summed E-state index contributed by atoms with van der Waals surface area (Å²) >= 11 is 3.84. The zero-order valence-electron chi connectivity index (χ0n) is 35.3. The van der Waals surface area contributed by atoms with Gasteiger partial charge < -0.3 is 75.1 Å². The molecule has 1 aromatic rings. The third-order valence-corrected chi connectivity index (χ3v) is 9.37. The van der Waals surface area contributed by atoms with Gasteiger partial charge in [-0.05, 0) is 55.8 Å². The molecular weight excluding hydrogens is 867 g/mol. The first-order valence-electron chi connectivity index (χ1n) is 20.0. The topological polar surface area (TPSA) is 423 Å². The third kappa shape index (κ3) is 22.0. The average Bonchev–Trinajstić information content (AvgIpc) is 3.23. The molecule has 0 bridgehead atoms. The van der Waals surface area contributed by atoms with Gasteiger partial charge in [-0.25, -0.2) is 4.79 Å². The fourth-order valence-corrected chi connectivity index (χ4v) is 5.74. The summed E-state index contributed by atoms with van der Waals surface area (Å²) in [6.45, 7) is 1.34. The molecule has 6 atom stereocenters. The van der Waals surface area contributed by atoms with Crippen LogP contribution in [-0.2, 0) is 59.2 Å². The molecule has 64 heavy (non-hydrogen) atoms. The van der Waals surface area contributed by atoms with Crippen LogP contribution in [0.3, 0.4) is 0 Å². The molecule has 0 aliphatic rings. The first-order valence-corrected chi connectivity index (χ1v) is 20.6. The summed E-state index contributed by atoms with van der Waals surface area (Å²) in [5, 5.41) is 46.8. The number of nitrogens with two attached hydrogens (primary N) is 3. The molecule has 9 amide bonds. The number of aromatic hydroxyl groups is 1. The second-order valence-corrected chi connectivity index (χ2v) is 15.1. The van der Waals surface area contributed by atoms with Crippen LogP contribution in [0.25, 0.3) is 0 Å². The van der Waals surface area contributed by atoms with E-state index in [-0.39, 0.29) is 43.7 Å². The fourth-order valence-electron chi connectivity index (χ4n) is 5.50. The number of aliphatic carboxylic acids is 2. The number of carbonyl (C=O) groups excluding carboxylic acids is 9. The number of phenols is 1. The van der Waals surface area contributed by atoms with Crippen LogP contribution in [0, 0.1) is 5.92 Å². The Morgan fingerprint density at radius 2 is 1.16 bits per heavy atom. The van der Waals surface area contributed by atoms with Gasteiger partial charge in [0.25, 0.3) is 0 Å². The predicted molar refractivity (Wildman–Crippen MR) is 228 cm³/mol. The number of rotatable bonds is 30. The molecule has 0 radical (unpaired) electrons. The van der Waals surface area contributed by atoms with Crippen molar-refractivity contribution in [3.63, 3.8) is 0 Å². The van der Waals surface area contributed by atoms with E-state index < -0.39 is 133 Å². The molecule has 0 saturated carbocycles. The maximum absolute atomic E-state index is 13.5. The van der Waals surface area contributed by atoms with Gasteiger partial charge in [0.05, 0.1) is 32.1 Å². The van der Waals surface area contributed by atoms with Crippen LogP contribution >= 0.6 is 12.6 Å². The molecule has 1 rings (SSSR count). The van der Waals surface area contributed by atoms with E-state index >= 15 is 0 Å². The van der Waals surface area contributed by atoms with Crippen LogP contribution in [0.4, 0.5) is 0 Å². The van der Waals surface area contributed by atoms with Crippen molar-refractivity contribution in [2.45, 2.75) is 95.0 Å². The normalized spacial score (nSPS) is 13.6. The summed E-state index contributed by atoms with van der Waals surface area (Å²) in [5.74, 6) is -11.6. The molecule has 0 aliphatic carbocycles. The molecule has 1 aromatic carbocycles. The minimum Gasteiger partial charge on any atom is -0.508 e. The quantitative estimate of drug-likeness (QED) is 0.0253. The Morgan fingerprint density at radius 1 is 0.641 bits per heavy atom. The maximum atomic E-state index is 13.5. The lowest BCUT2D eigenvalue weighted by Crippen LogP contribution is -2.57. The number of phenolic OH excluding ortho intramolecular Hbond substituents is 1. The number of nitrogens with one attached hydrogen (secondary N) is 8. The van der Waals surface area contributed by atoms with Crippen molar-refractivity contribution in [3.8, 4) is 5.75 Å². The number of carboxylic acid groups (broad SMARTS) is 2. The molecule has 26 heteroatoms. The Bertz CT molecular complexity index is 1820. The van der Waals surface area contributed by atoms with Crippen molar-refractivity contribution in [2.24, 2.45) is 23.1 Å². The predicted octanol–water partition coefficient (Wildman–Crippen LogP) is -5.43. The summed E-state index contributed by atoms with van der Waals surface area (Å²) in [5.41, 5.74) is 17.0. The van der Waals surface area contributed by atoms with Gasteiger partial charge in [-0.2, -0.15) is 12.6 Å². The Morgan fingerprint density at radius 3 is 1.66 bits per heavy atom. The molecule has 0 aromatic heterocycles. The third-order valence-electron chi connectivity index (χ3n) is 9.01. The SMILES string of the molecule is CC(C)C(NC(=O)CNC(=O)C(CCCCN)NC(=O)CNC(=O)C(CC(=O)O)NC(=O)C(Cc1ccc(O)cc1)NC(=O)C(N)CCC(N)=O)C(=O)NCC(=O)NC(CS)C(=O)O. The molecule has 0 heterocycles. The second kappa shape index (κ2) is 28.9. The minimum atomic E-state index is -1.79. The summed E-state index contributed by atoms with van der Waals surface area (Å²) in [4.78, 5) is 137. The number of carbonyl (C=O) groups is 11. The highest BCUT2D eigenvalue weighted by Gasteiger charge is 2.31. The van der Waals surface area contributed by atoms with Crippen molar-refractivity contribution >= 4 is 77.7 Å². The lowest BCUT2D eigenvalue weighted by Gasteiger charge is -2.24. The molecule has 0 spiro atoms. The van der Waals surface area contributed by atoms with Crippen molar-refractivity contribution in [1.29, 1.82) is 0 Å². The van der Waals surface area contributed by atoms with E-state index in [4.69, 9.17) is 22.3 Å². The van der Waals surface area contributed by atoms with Gasteiger partial charge in [-0.1, -0.05) is 26.0 Å². The van der Waals surface area contributed by atoms with Crippen LogP contribution < -0.4 is 59.7 Å². The van der Waals surface area contributed by atoms with Gasteiger partial charge >= 0.3 is 11.9 Å². The highest BCUT2D eigenvalue weighted by Crippen LogP contribution is 2.12. The number of benzene rings is 1. The van der Waals surface area contributed by atoms with Crippen LogP contribution in [0.1, 0.15) is 57.9 Å². The molecule has 0 fully saturated rings. The fraction of sp³-hybridized carbons (Fsp3) is 0.553. The summed E-state index contributed by atoms with van der Waals surface area (Å²) in [6.07, 6.45) is -0.787. The zero-order valence-corrected chi connectivity index (χ0v) is 36.2. The van der Waals surface area contributed by atoms with Gasteiger partial charge in [-0.15, -0.1) is 0 Å². The summed E-state index contributed by atoms with van der Waals surface area (Å²) in [6, 6.07) is -2.76. The van der Waals surface area contributed by atoms with Crippen molar-refractivity contribution in [3.05, 3.63) is 29.8 Å². The van der Waals surface area contributed by atoms with E-state index in [9.17, 15) is 63.0 Å². The van der Waals surface area contributed by atoms with Crippen molar-refractivity contribution in [1.82, 2.24) is 42.5 Å². The lowest BCUT2D eigenvalue weighted by atomic mass is 10.0. The highest BCUT2D eigenvalue weighted by molar-refractivity contribution is 7.80. The minimum absolute atomic E-state index is 0.0252. The number of unbranched alkanes of at least 4 members (excludes halogenated alkanes) is 1. The van der Waals surface area contributed by atoms with Crippen LogP contribution in [-0.4, -0.2) is 149 Å². The van der Waals surface area contributed by atoms with Gasteiger partial charge in [0, 0.05) is 18.6 Å². The Labute approximate surface area is 373 Å². The van der Waals surface area contributed by atoms with Gasteiger partial charge in [0.2, 0.25) is 53.2 Å². The number of primary amides is 1. The van der Waals surface area contributed by atoms with Gasteiger partial charge in [0.1, 0.15) is 36.0 Å². The maximum Gasteiger partial charge on any atom is 0.327 e. The van der Waals surface area contributed by atoms with Crippen LogP contribution in [0.2, 0.25) is 0 Å². The number of carboxylic acids is 2. The van der Waals surface area contributed by atoms with E-state index in [1.54, 1.807) is 13.8 Å². The summed E-state index contributed by atoms with van der Waals surface area (Å²) in [7, 11) is 0. The molecule has 356 valence electrons. The lowest BCUT2D eigenvalue weighted by molar-refractivity contribution is -0.141. The van der Waals surface area contributed by atoms with E-state index in [2.05, 4.69) is 55.2 Å². The summed E-state index contributed by atoms with van der Waals surface area (Å²) < 4.78 is 0. The van der Waals surface area contributed by atoms with E-state index in [0.717, 1.165) is 0 Å². The van der Waals surface area contributed by atoms with Gasteiger partial charge in [-0.3, -0.25) is 47.9 Å².